The van der Waals surface area contributed by atoms with Gasteiger partial charge in [0.05, 0.1) is 5.92 Å². The Bertz CT molecular complexity index is 1230. The number of piperidine rings is 1. The zero-order valence-electron chi connectivity index (χ0n) is 19.1. The van der Waals surface area contributed by atoms with E-state index in [4.69, 9.17) is 0 Å². The highest BCUT2D eigenvalue weighted by Crippen LogP contribution is 2.29. The molecule has 2 N–H and O–H groups in total. The third kappa shape index (κ3) is 5.22. The predicted molar refractivity (Wildman–Crippen MR) is 130 cm³/mol. The van der Waals surface area contributed by atoms with Gasteiger partial charge in [-0.25, -0.2) is 4.98 Å². The number of anilines is 2. The maximum atomic E-state index is 13.0. The monoisotopic (exact) mass is 468 g/mol. The number of hydrogen-bond donors (Lipinski definition) is 2. The van der Waals surface area contributed by atoms with Gasteiger partial charge in [0.1, 0.15) is 17.6 Å². The summed E-state index contributed by atoms with van der Waals surface area (Å²) in [5.74, 6) is -0.336. The molecule has 1 aromatic carbocycles. The van der Waals surface area contributed by atoms with Crippen LogP contribution in [-0.2, 0) is 16.1 Å². The summed E-state index contributed by atoms with van der Waals surface area (Å²) in [5, 5.41) is 6.41. The molecule has 0 spiro atoms. The highest BCUT2D eigenvalue weighted by molar-refractivity contribution is 7.22. The number of aryl methyl sites for hydroxylation is 2. The zero-order chi connectivity index (χ0) is 23.5. The van der Waals surface area contributed by atoms with Gasteiger partial charge in [0, 0.05) is 25.3 Å². The van der Waals surface area contributed by atoms with Gasteiger partial charge < -0.3 is 15.5 Å². The van der Waals surface area contributed by atoms with E-state index in [1.807, 2.05) is 43.9 Å². The summed E-state index contributed by atoms with van der Waals surface area (Å²) < 4.78 is 1.71. The molecular weight excluding hydrogens is 440 g/mol. The molecule has 1 saturated heterocycles. The molecular formula is C23H28N6O3S. The van der Waals surface area contributed by atoms with Gasteiger partial charge in [-0.1, -0.05) is 17.4 Å². The number of thiazole rings is 1. The van der Waals surface area contributed by atoms with E-state index >= 15 is 0 Å². The van der Waals surface area contributed by atoms with E-state index in [-0.39, 0.29) is 29.8 Å². The van der Waals surface area contributed by atoms with E-state index in [1.54, 1.807) is 0 Å². The second-order valence-corrected chi connectivity index (χ2v) is 9.41. The van der Waals surface area contributed by atoms with Crippen molar-refractivity contribution in [1.82, 2.24) is 19.9 Å². The van der Waals surface area contributed by atoms with Crippen LogP contribution in [0.3, 0.4) is 0 Å². The summed E-state index contributed by atoms with van der Waals surface area (Å²) in [5.41, 5.74) is 2.87. The van der Waals surface area contributed by atoms with Crippen molar-refractivity contribution >= 4 is 44.3 Å². The Balaban J connectivity index is 1.50. The SMILES string of the molecule is CCNC(=O)[C@H]1CCCN(c2nc3ncn(CC(=O)Nc4cc(C)cc(C)c4)c(=O)c3s2)C1. The molecule has 0 bridgehead atoms. The van der Waals surface area contributed by atoms with Crippen LogP contribution in [0.25, 0.3) is 10.3 Å². The van der Waals surface area contributed by atoms with E-state index in [1.165, 1.54) is 22.2 Å². The Labute approximate surface area is 195 Å². The minimum atomic E-state index is -0.297. The Morgan fingerprint density at radius 1 is 1.21 bits per heavy atom. The lowest BCUT2D eigenvalue weighted by Gasteiger charge is -2.31. The lowest BCUT2D eigenvalue weighted by atomic mass is 9.97. The molecule has 1 aliphatic heterocycles. The fourth-order valence-corrected chi connectivity index (χ4v) is 5.17. The van der Waals surface area contributed by atoms with E-state index in [0.29, 0.717) is 34.3 Å². The van der Waals surface area contributed by atoms with Crippen LogP contribution in [0.15, 0.2) is 29.3 Å². The number of rotatable bonds is 6. The van der Waals surface area contributed by atoms with Crippen molar-refractivity contribution in [2.45, 2.75) is 40.2 Å². The fourth-order valence-electron chi connectivity index (χ4n) is 4.17. The number of carbonyl (C=O) groups excluding carboxylic acids is 2. The second-order valence-electron chi connectivity index (χ2n) is 8.43. The molecule has 10 heteroatoms. The molecule has 1 aliphatic rings. The smallest absolute Gasteiger partial charge is 0.273 e. The first-order chi connectivity index (χ1) is 15.8. The maximum absolute atomic E-state index is 13.0. The molecule has 174 valence electrons. The lowest BCUT2D eigenvalue weighted by molar-refractivity contribution is -0.125. The average molecular weight is 469 g/mol. The molecule has 3 aromatic rings. The Kier molecular flexibility index (Phi) is 6.73. The second kappa shape index (κ2) is 9.70. The largest absolute Gasteiger partial charge is 0.356 e. The number of nitrogens with zero attached hydrogens (tertiary/aromatic N) is 4. The maximum Gasteiger partial charge on any atom is 0.273 e. The van der Waals surface area contributed by atoms with Crippen molar-refractivity contribution in [3.63, 3.8) is 0 Å². The van der Waals surface area contributed by atoms with Gasteiger partial charge in [-0.05, 0) is 56.9 Å². The number of aromatic nitrogens is 3. The third-order valence-corrected chi connectivity index (χ3v) is 6.70. The number of nitrogens with one attached hydrogen (secondary N) is 2. The number of fused-ring (bicyclic) bond motifs is 1. The first-order valence-corrected chi connectivity index (χ1v) is 11.9. The van der Waals surface area contributed by atoms with Crippen LogP contribution in [-0.4, -0.2) is 46.0 Å². The molecule has 1 fully saturated rings. The summed E-state index contributed by atoms with van der Waals surface area (Å²) in [7, 11) is 0. The Hall–Kier alpha value is -3.27. The van der Waals surface area contributed by atoms with Gasteiger partial charge in [-0.3, -0.25) is 19.0 Å². The normalized spacial score (nSPS) is 16.1. The van der Waals surface area contributed by atoms with Gasteiger partial charge in [-0.2, -0.15) is 4.98 Å². The Morgan fingerprint density at radius 3 is 2.70 bits per heavy atom. The highest BCUT2D eigenvalue weighted by atomic mass is 32.1. The molecule has 2 amide bonds. The minimum absolute atomic E-state index is 0.0543. The number of hydrogen-bond acceptors (Lipinski definition) is 7. The first kappa shape index (κ1) is 22.9. The molecule has 33 heavy (non-hydrogen) atoms. The number of carbonyl (C=O) groups is 2. The van der Waals surface area contributed by atoms with Crippen molar-refractivity contribution in [1.29, 1.82) is 0 Å². The zero-order valence-corrected chi connectivity index (χ0v) is 19.9. The molecule has 9 nitrogen and oxygen atoms in total. The van der Waals surface area contributed by atoms with Gasteiger partial charge in [0.2, 0.25) is 11.8 Å². The van der Waals surface area contributed by atoms with Crippen molar-refractivity contribution in [2.75, 3.05) is 29.9 Å². The molecule has 1 atom stereocenters. The molecule has 0 saturated carbocycles. The lowest BCUT2D eigenvalue weighted by Crippen LogP contribution is -2.43. The van der Waals surface area contributed by atoms with E-state index in [9.17, 15) is 14.4 Å². The van der Waals surface area contributed by atoms with E-state index < -0.39 is 0 Å². The number of amides is 2. The summed E-state index contributed by atoms with van der Waals surface area (Å²) in [6.45, 7) is 7.66. The molecule has 3 heterocycles. The molecule has 0 unspecified atom stereocenters. The molecule has 0 aliphatic carbocycles. The van der Waals surface area contributed by atoms with E-state index in [2.05, 4.69) is 20.6 Å². The summed E-state index contributed by atoms with van der Waals surface area (Å²) in [6, 6.07) is 5.80. The quantitative estimate of drug-likeness (QED) is 0.575. The van der Waals surface area contributed by atoms with Crippen LogP contribution in [0.2, 0.25) is 0 Å². The summed E-state index contributed by atoms with van der Waals surface area (Å²) >= 11 is 1.26. The minimum Gasteiger partial charge on any atom is -0.356 e. The average Bonchev–Trinajstić information content (AvgIpc) is 3.20. The molecule has 0 radical (unpaired) electrons. The van der Waals surface area contributed by atoms with Crippen LogP contribution in [0.1, 0.15) is 30.9 Å². The summed E-state index contributed by atoms with van der Waals surface area (Å²) in [6.07, 6.45) is 3.09. The van der Waals surface area contributed by atoms with Crippen molar-refractivity contribution < 1.29 is 9.59 Å². The van der Waals surface area contributed by atoms with Crippen LogP contribution < -0.4 is 21.1 Å². The van der Waals surface area contributed by atoms with Crippen LogP contribution in [0.4, 0.5) is 10.8 Å². The third-order valence-electron chi connectivity index (χ3n) is 5.61. The van der Waals surface area contributed by atoms with Gasteiger partial charge in [-0.15, -0.1) is 0 Å². The van der Waals surface area contributed by atoms with Crippen LogP contribution >= 0.6 is 11.3 Å². The Morgan fingerprint density at radius 2 is 1.97 bits per heavy atom. The summed E-state index contributed by atoms with van der Waals surface area (Å²) in [4.78, 5) is 48.7. The first-order valence-electron chi connectivity index (χ1n) is 11.1. The highest BCUT2D eigenvalue weighted by Gasteiger charge is 2.27. The van der Waals surface area contributed by atoms with Crippen LogP contribution in [0.5, 0.6) is 0 Å². The predicted octanol–water partition coefficient (Wildman–Crippen LogP) is 2.46. The van der Waals surface area contributed by atoms with E-state index in [0.717, 1.165) is 30.5 Å². The standard InChI is InChI=1S/C23H28N6O3S/c1-4-24-21(31)16-6-5-7-28(11-16)23-27-20-19(33-23)22(32)29(13-25-20)12-18(30)26-17-9-14(2)8-15(3)10-17/h8-10,13,16H,4-7,11-12H2,1-3H3,(H,24,31)(H,26,30)/t16-/m0/s1. The van der Waals surface area contributed by atoms with Crippen molar-refractivity contribution in [2.24, 2.45) is 5.92 Å². The van der Waals surface area contributed by atoms with Crippen molar-refractivity contribution in [3.05, 3.63) is 46.0 Å². The van der Waals surface area contributed by atoms with Crippen molar-refractivity contribution in [3.8, 4) is 0 Å². The van der Waals surface area contributed by atoms with Gasteiger partial charge in [0.25, 0.3) is 5.56 Å². The fraction of sp³-hybridized carbons (Fsp3) is 0.435. The number of benzene rings is 1. The van der Waals surface area contributed by atoms with Crippen LogP contribution in [0, 0.1) is 19.8 Å². The molecule has 4 rings (SSSR count). The topological polar surface area (TPSA) is 109 Å². The van der Waals surface area contributed by atoms with Gasteiger partial charge >= 0.3 is 0 Å². The van der Waals surface area contributed by atoms with Gasteiger partial charge in [0.15, 0.2) is 10.8 Å². The molecule has 2 aromatic heterocycles.